The number of halogens is 2. The van der Waals surface area contributed by atoms with Gasteiger partial charge in [0, 0.05) is 14.8 Å². The zero-order valence-corrected chi connectivity index (χ0v) is 20.6. The first-order valence-corrected chi connectivity index (χ1v) is 12.1. The van der Waals surface area contributed by atoms with Gasteiger partial charge in [-0.3, -0.25) is 19.3 Å². The maximum atomic E-state index is 13.1. The number of carbonyl (C=O) groups is 3. The summed E-state index contributed by atoms with van der Waals surface area (Å²) in [6.45, 7) is -0.165. The molecule has 172 valence electrons. The fourth-order valence-electron chi connectivity index (χ4n) is 3.13. The van der Waals surface area contributed by atoms with Crippen LogP contribution in [-0.4, -0.2) is 28.5 Å². The number of thioether (sulfide) groups is 1. The summed E-state index contributed by atoms with van der Waals surface area (Å²) in [7, 11) is 0. The van der Waals surface area contributed by atoms with E-state index < -0.39 is 17.1 Å². The van der Waals surface area contributed by atoms with Crippen molar-refractivity contribution >= 4 is 63.2 Å². The number of nitrogens with zero attached hydrogens (tertiary/aromatic N) is 1. The second kappa shape index (κ2) is 10.8. The quantitative estimate of drug-likeness (QED) is 0.284. The first-order valence-electron chi connectivity index (χ1n) is 10.2. The van der Waals surface area contributed by atoms with Crippen LogP contribution in [0, 0.1) is 9.39 Å². The fourth-order valence-corrected chi connectivity index (χ4v) is 4.32. The molecule has 0 aromatic heterocycles. The van der Waals surface area contributed by atoms with Gasteiger partial charge in [-0.25, -0.2) is 4.39 Å². The van der Waals surface area contributed by atoms with Crippen molar-refractivity contribution in [2.24, 2.45) is 0 Å². The van der Waals surface area contributed by atoms with Gasteiger partial charge in [-0.05, 0) is 88.5 Å². The van der Waals surface area contributed by atoms with Gasteiger partial charge in [-0.1, -0.05) is 30.3 Å². The van der Waals surface area contributed by atoms with Gasteiger partial charge in [-0.2, -0.15) is 0 Å². The third-order valence-electron chi connectivity index (χ3n) is 4.82. The van der Waals surface area contributed by atoms with E-state index in [4.69, 9.17) is 4.74 Å². The smallest absolute Gasteiger partial charge is 0.294 e. The van der Waals surface area contributed by atoms with Crippen LogP contribution in [0.25, 0.3) is 6.08 Å². The number of amides is 3. The molecule has 34 heavy (non-hydrogen) atoms. The number of rotatable bonds is 7. The highest BCUT2D eigenvalue weighted by Gasteiger charge is 2.36. The first-order chi connectivity index (χ1) is 16.4. The van der Waals surface area contributed by atoms with E-state index in [0.29, 0.717) is 17.0 Å². The summed E-state index contributed by atoms with van der Waals surface area (Å²) in [5, 5.41) is 2.17. The molecular formula is C25H18FIN2O4S. The van der Waals surface area contributed by atoms with Gasteiger partial charge in [0.15, 0.2) is 0 Å². The molecule has 1 aliphatic heterocycles. The maximum absolute atomic E-state index is 13.1. The van der Waals surface area contributed by atoms with Crippen LogP contribution in [0.5, 0.6) is 5.75 Å². The second-order valence-corrected chi connectivity index (χ2v) is 9.51. The standard InChI is InChI=1S/C25H18FIN2O4S/c26-18-7-5-16(6-8-18)15-33-21-4-2-1-3-17(21)13-22-24(31)29(25(32)34-22)14-23(30)28-20-11-9-19(27)10-12-20/h1-13H,14-15H2,(H,28,30)/b22-13-. The van der Waals surface area contributed by atoms with Gasteiger partial charge < -0.3 is 10.1 Å². The number of carbonyl (C=O) groups excluding carboxylic acids is 3. The molecule has 0 radical (unpaired) electrons. The van der Waals surface area contributed by atoms with Crippen LogP contribution < -0.4 is 10.1 Å². The third kappa shape index (κ3) is 6.03. The van der Waals surface area contributed by atoms with Crippen LogP contribution in [0.3, 0.4) is 0 Å². The number of anilines is 1. The van der Waals surface area contributed by atoms with Crippen LogP contribution in [0.1, 0.15) is 11.1 Å². The van der Waals surface area contributed by atoms with Crippen molar-refractivity contribution in [3.8, 4) is 5.75 Å². The largest absolute Gasteiger partial charge is 0.488 e. The van der Waals surface area contributed by atoms with E-state index in [1.807, 2.05) is 12.1 Å². The third-order valence-corrected chi connectivity index (χ3v) is 6.44. The lowest BCUT2D eigenvalue weighted by Crippen LogP contribution is -2.36. The molecule has 0 unspecified atom stereocenters. The van der Waals surface area contributed by atoms with Crippen molar-refractivity contribution in [1.29, 1.82) is 0 Å². The lowest BCUT2D eigenvalue weighted by atomic mass is 10.1. The fraction of sp³-hybridized carbons (Fsp3) is 0.0800. The van der Waals surface area contributed by atoms with Crippen LogP contribution in [0.4, 0.5) is 14.9 Å². The normalized spacial score (nSPS) is 14.5. The molecule has 1 N–H and O–H groups in total. The van der Waals surface area contributed by atoms with Crippen molar-refractivity contribution in [2.75, 3.05) is 11.9 Å². The van der Waals surface area contributed by atoms with Gasteiger partial charge in [0.05, 0.1) is 4.91 Å². The lowest BCUT2D eigenvalue weighted by molar-refractivity contribution is -0.127. The first kappa shape index (κ1) is 24.0. The van der Waals surface area contributed by atoms with Gasteiger partial charge in [0.2, 0.25) is 5.91 Å². The summed E-state index contributed by atoms with van der Waals surface area (Å²) in [6.07, 6.45) is 1.57. The number of para-hydroxylation sites is 1. The van der Waals surface area contributed by atoms with Gasteiger partial charge in [0.1, 0.15) is 24.7 Å². The molecule has 1 aliphatic rings. The Labute approximate surface area is 213 Å². The molecule has 0 spiro atoms. The minimum atomic E-state index is -0.541. The van der Waals surface area contributed by atoms with Crippen molar-refractivity contribution < 1.29 is 23.5 Å². The Hall–Kier alpha value is -3.18. The summed E-state index contributed by atoms with van der Waals surface area (Å²) in [5.41, 5.74) is 1.98. The van der Waals surface area contributed by atoms with Crippen molar-refractivity contribution in [3.05, 3.63) is 98.2 Å². The van der Waals surface area contributed by atoms with E-state index in [1.165, 1.54) is 12.1 Å². The van der Waals surface area contributed by atoms with Gasteiger partial charge in [0.25, 0.3) is 11.1 Å². The Morgan fingerprint density at radius 2 is 1.74 bits per heavy atom. The Morgan fingerprint density at radius 3 is 2.47 bits per heavy atom. The minimum Gasteiger partial charge on any atom is -0.488 e. The molecular weight excluding hydrogens is 570 g/mol. The molecule has 1 fully saturated rings. The molecule has 9 heteroatoms. The number of nitrogens with one attached hydrogen (secondary N) is 1. The Bertz CT molecular complexity index is 1260. The molecule has 4 rings (SSSR count). The maximum Gasteiger partial charge on any atom is 0.294 e. The molecule has 0 atom stereocenters. The molecule has 0 saturated carbocycles. The van der Waals surface area contributed by atoms with E-state index in [1.54, 1.807) is 54.6 Å². The lowest BCUT2D eigenvalue weighted by Gasteiger charge is -2.12. The summed E-state index contributed by atoms with van der Waals surface area (Å²) in [6, 6.07) is 20.2. The minimum absolute atomic E-state index is 0.199. The number of hydrogen-bond donors (Lipinski definition) is 1. The molecule has 1 heterocycles. The molecule has 0 aliphatic carbocycles. The van der Waals surface area contributed by atoms with Crippen molar-refractivity contribution in [2.45, 2.75) is 6.61 Å². The molecule has 1 saturated heterocycles. The number of hydrogen-bond acceptors (Lipinski definition) is 5. The number of benzene rings is 3. The molecule has 3 aromatic rings. The second-order valence-electron chi connectivity index (χ2n) is 7.28. The Balaban J connectivity index is 1.44. The molecule has 3 amide bonds. The molecule has 3 aromatic carbocycles. The average molecular weight is 588 g/mol. The number of imide groups is 1. The average Bonchev–Trinajstić information content (AvgIpc) is 3.08. The van der Waals surface area contributed by atoms with E-state index in [-0.39, 0.29) is 23.9 Å². The SMILES string of the molecule is O=C(CN1C(=O)S/C(=C\c2ccccc2OCc2ccc(F)cc2)C1=O)Nc1ccc(I)cc1. The predicted molar refractivity (Wildman–Crippen MR) is 138 cm³/mol. The highest BCUT2D eigenvalue weighted by Crippen LogP contribution is 2.34. The topological polar surface area (TPSA) is 75.7 Å². The van der Waals surface area contributed by atoms with Crippen molar-refractivity contribution in [1.82, 2.24) is 4.90 Å². The zero-order chi connectivity index (χ0) is 24.1. The van der Waals surface area contributed by atoms with E-state index in [2.05, 4.69) is 27.9 Å². The Kier molecular flexibility index (Phi) is 7.63. The Morgan fingerprint density at radius 1 is 1.03 bits per heavy atom. The summed E-state index contributed by atoms with van der Waals surface area (Å²) < 4.78 is 20.0. The van der Waals surface area contributed by atoms with Crippen LogP contribution in [-0.2, 0) is 16.2 Å². The van der Waals surface area contributed by atoms with Crippen molar-refractivity contribution in [3.63, 3.8) is 0 Å². The van der Waals surface area contributed by atoms with E-state index in [9.17, 15) is 18.8 Å². The highest BCUT2D eigenvalue weighted by atomic mass is 127. The number of ether oxygens (including phenoxy) is 1. The van der Waals surface area contributed by atoms with Crippen LogP contribution in [0.15, 0.2) is 77.7 Å². The van der Waals surface area contributed by atoms with E-state index >= 15 is 0 Å². The summed E-state index contributed by atoms with van der Waals surface area (Å²) >= 11 is 2.93. The van der Waals surface area contributed by atoms with Gasteiger partial charge >= 0.3 is 0 Å². The summed E-state index contributed by atoms with van der Waals surface area (Å²) in [5.74, 6) is -0.823. The van der Waals surface area contributed by atoms with Gasteiger partial charge in [-0.15, -0.1) is 0 Å². The predicted octanol–water partition coefficient (Wildman–Crippen LogP) is 5.68. The molecule has 6 nitrogen and oxygen atoms in total. The molecule has 0 bridgehead atoms. The zero-order valence-electron chi connectivity index (χ0n) is 17.7. The summed E-state index contributed by atoms with van der Waals surface area (Å²) in [4.78, 5) is 38.7. The highest BCUT2D eigenvalue weighted by molar-refractivity contribution is 14.1. The van der Waals surface area contributed by atoms with Crippen LogP contribution >= 0.6 is 34.4 Å². The monoisotopic (exact) mass is 588 g/mol. The van der Waals surface area contributed by atoms with Crippen LogP contribution in [0.2, 0.25) is 0 Å². The van der Waals surface area contributed by atoms with E-state index in [0.717, 1.165) is 25.8 Å².